The SMILES string of the molecule is O=C1C=C(c2ccc(C(F)(F)F)cc2)CC1Nc1ccc2ccccc2n1. The van der Waals surface area contributed by atoms with Gasteiger partial charge in [-0.2, -0.15) is 13.2 Å². The van der Waals surface area contributed by atoms with Crippen molar-refractivity contribution in [2.45, 2.75) is 18.6 Å². The topological polar surface area (TPSA) is 42.0 Å². The largest absolute Gasteiger partial charge is 0.416 e. The molecule has 1 heterocycles. The summed E-state index contributed by atoms with van der Waals surface area (Å²) < 4.78 is 38.1. The molecule has 0 spiro atoms. The van der Waals surface area contributed by atoms with Gasteiger partial charge in [0.05, 0.1) is 17.1 Å². The standard InChI is InChI=1S/C21H15F3N2O/c22-21(23,24)16-8-5-13(6-9-16)15-11-18(19(27)12-15)26-20-10-7-14-3-1-2-4-17(14)25-20/h1-10,12,18H,11H2,(H,25,26). The highest BCUT2D eigenvalue weighted by molar-refractivity contribution is 6.07. The predicted molar refractivity (Wildman–Crippen MR) is 98.2 cm³/mol. The Labute approximate surface area is 153 Å². The van der Waals surface area contributed by atoms with Crippen LogP contribution in [0.3, 0.4) is 0 Å². The Morgan fingerprint density at radius 3 is 2.44 bits per heavy atom. The summed E-state index contributed by atoms with van der Waals surface area (Å²) in [6.45, 7) is 0. The maximum Gasteiger partial charge on any atom is 0.416 e. The first-order chi connectivity index (χ1) is 12.9. The molecule has 6 heteroatoms. The molecule has 0 fully saturated rings. The smallest absolute Gasteiger partial charge is 0.360 e. The first kappa shape index (κ1) is 17.3. The van der Waals surface area contributed by atoms with E-state index in [0.717, 1.165) is 23.0 Å². The van der Waals surface area contributed by atoms with Gasteiger partial charge in [-0.05, 0) is 47.5 Å². The van der Waals surface area contributed by atoms with Crippen molar-refractivity contribution in [3.05, 3.63) is 77.9 Å². The van der Waals surface area contributed by atoms with Gasteiger partial charge in [0.15, 0.2) is 5.78 Å². The molecular weight excluding hydrogens is 353 g/mol. The van der Waals surface area contributed by atoms with Crippen LogP contribution >= 0.6 is 0 Å². The van der Waals surface area contributed by atoms with E-state index in [0.29, 0.717) is 23.4 Å². The zero-order valence-electron chi connectivity index (χ0n) is 14.1. The van der Waals surface area contributed by atoms with Crippen LogP contribution in [0, 0.1) is 0 Å². The maximum atomic E-state index is 12.7. The Bertz CT molecular complexity index is 1040. The number of fused-ring (bicyclic) bond motifs is 1. The number of hydrogen-bond acceptors (Lipinski definition) is 3. The second-order valence-corrected chi connectivity index (χ2v) is 6.44. The van der Waals surface area contributed by atoms with E-state index < -0.39 is 17.8 Å². The lowest BCUT2D eigenvalue weighted by molar-refractivity contribution is -0.137. The molecule has 27 heavy (non-hydrogen) atoms. The van der Waals surface area contributed by atoms with Crippen molar-refractivity contribution in [1.82, 2.24) is 4.98 Å². The summed E-state index contributed by atoms with van der Waals surface area (Å²) >= 11 is 0. The molecule has 0 saturated heterocycles. The molecule has 2 aromatic carbocycles. The number of halogens is 3. The van der Waals surface area contributed by atoms with Crippen LogP contribution in [0.1, 0.15) is 17.5 Å². The van der Waals surface area contributed by atoms with Crippen LogP contribution in [0.25, 0.3) is 16.5 Å². The molecule has 0 aliphatic heterocycles. The number of rotatable bonds is 3. The lowest BCUT2D eigenvalue weighted by Crippen LogP contribution is -2.24. The number of anilines is 1. The van der Waals surface area contributed by atoms with Gasteiger partial charge in [0.2, 0.25) is 0 Å². The lowest BCUT2D eigenvalue weighted by atomic mass is 10.0. The van der Waals surface area contributed by atoms with Crippen molar-refractivity contribution < 1.29 is 18.0 Å². The number of benzene rings is 2. The first-order valence-electron chi connectivity index (χ1n) is 8.44. The minimum atomic E-state index is -4.37. The highest BCUT2D eigenvalue weighted by Crippen LogP contribution is 2.32. The molecule has 4 rings (SSSR count). The van der Waals surface area contributed by atoms with E-state index in [1.165, 1.54) is 18.2 Å². The van der Waals surface area contributed by atoms with E-state index in [1.54, 1.807) is 0 Å². The normalized spacial score (nSPS) is 17.2. The third-order valence-electron chi connectivity index (χ3n) is 4.59. The Hall–Kier alpha value is -3.15. The number of pyridine rings is 1. The van der Waals surface area contributed by atoms with Gasteiger partial charge in [-0.3, -0.25) is 4.79 Å². The van der Waals surface area contributed by atoms with Crippen molar-refractivity contribution in [2.75, 3.05) is 5.32 Å². The van der Waals surface area contributed by atoms with Crippen LogP contribution in [-0.4, -0.2) is 16.8 Å². The van der Waals surface area contributed by atoms with E-state index in [2.05, 4.69) is 10.3 Å². The zero-order valence-corrected chi connectivity index (χ0v) is 14.1. The third kappa shape index (κ3) is 3.56. The van der Waals surface area contributed by atoms with E-state index >= 15 is 0 Å². The average Bonchev–Trinajstić information content (AvgIpc) is 3.01. The summed E-state index contributed by atoms with van der Waals surface area (Å²) in [6, 6.07) is 15.8. The molecule has 3 nitrogen and oxygen atoms in total. The molecule has 0 bridgehead atoms. The van der Waals surface area contributed by atoms with Crippen molar-refractivity contribution in [3.63, 3.8) is 0 Å². The first-order valence-corrected chi connectivity index (χ1v) is 8.44. The summed E-state index contributed by atoms with van der Waals surface area (Å²) in [4.78, 5) is 16.8. The number of nitrogens with one attached hydrogen (secondary N) is 1. The van der Waals surface area contributed by atoms with Gasteiger partial charge in [-0.1, -0.05) is 30.3 Å². The quantitative estimate of drug-likeness (QED) is 0.700. The number of carbonyl (C=O) groups is 1. The summed E-state index contributed by atoms with van der Waals surface area (Å²) in [5, 5.41) is 4.13. The Morgan fingerprint density at radius 1 is 0.963 bits per heavy atom. The fourth-order valence-corrected chi connectivity index (χ4v) is 3.17. The van der Waals surface area contributed by atoms with Gasteiger partial charge in [-0.25, -0.2) is 4.98 Å². The summed E-state index contributed by atoms with van der Waals surface area (Å²) in [6.07, 6.45) is -2.48. The summed E-state index contributed by atoms with van der Waals surface area (Å²) in [7, 11) is 0. The Kier molecular flexibility index (Phi) is 4.18. The fourth-order valence-electron chi connectivity index (χ4n) is 3.17. The van der Waals surface area contributed by atoms with Gasteiger partial charge >= 0.3 is 6.18 Å². The van der Waals surface area contributed by atoms with Crippen LogP contribution in [0.5, 0.6) is 0 Å². The van der Waals surface area contributed by atoms with Crippen molar-refractivity contribution >= 4 is 28.1 Å². The number of hydrogen-bond donors (Lipinski definition) is 1. The molecule has 0 amide bonds. The molecule has 0 radical (unpaired) electrons. The predicted octanol–water partition coefficient (Wildman–Crippen LogP) is 5.09. The highest BCUT2D eigenvalue weighted by Gasteiger charge is 2.31. The monoisotopic (exact) mass is 368 g/mol. The molecule has 1 aliphatic rings. The molecule has 0 saturated carbocycles. The molecule has 1 aromatic heterocycles. The van der Waals surface area contributed by atoms with Gasteiger partial charge in [0.1, 0.15) is 5.82 Å². The highest BCUT2D eigenvalue weighted by atomic mass is 19.4. The van der Waals surface area contributed by atoms with Crippen LogP contribution < -0.4 is 5.32 Å². The van der Waals surface area contributed by atoms with Crippen LogP contribution in [0.15, 0.2) is 66.7 Å². The number of nitrogens with zero attached hydrogens (tertiary/aromatic N) is 1. The van der Waals surface area contributed by atoms with Gasteiger partial charge in [-0.15, -0.1) is 0 Å². The number of alkyl halides is 3. The fraction of sp³-hybridized carbons (Fsp3) is 0.143. The number of carbonyl (C=O) groups excluding carboxylic acids is 1. The van der Waals surface area contributed by atoms with E-state index in [-0.39, 0.29) is 5.78 Å². The number of aromatic nitrogens is 1. The maximum absolute atomic E-state index is 12.7. The summed E-state index contributed by atoms with van der Waals surface area (Å²) in [5.41, 5.74) is 1.45. The van der Waals surface area contributed by atoms with Crippen LogP contribution in [-0.2, 0) is 11.0 Å². The van der Waals surface area contributed by atoms with Crippen LogP contribution in [0.2, 0.25) is 0 Å². The van der Waals surface area contributed by atoms with Crippen molar-refractivity contribution in [3.8, 4) is 0 Å². The average molecular weight is 368 g/mol. The Morgan fingerprint density at radius 2 is 1.70 bits per heavy atom. The summed E-state index contributed by atoms with van der Waals surface area (Å²) in [5.74, 6) is 0.481. The molecule has 1 atom stereocenters. The lowest BCUT2D eigenvalue weighted by Gasteiger charge is -2.13. The van der Waals surface area contributed by atoms with Crippen LogP contribution in [0.4, 0.5) is 19.0 Å². The molecular formula is C21H15F3N2O. The second-order valence-electron chi connectivity index (χ2n) is 6.44. The van der Waals surface area contributed by atoms with Gasteiger partial charge < -0.3 is 5.32 Å². The Balaban J connectivity index is 1.50. The van der Waals surface area contributed by atoms with Gasteiger partial charge in [0, 0.05) is 11.8 Å². The van der Waals surface area contributed by atoms with Crippen molar-refractivity contribution in [1.29, 1.82) is 0 Å². The number of ketones is 1. The third-order valence-corrected chi connectivity index (χ3v) is 4.59. The zero-order chi connectivity index (χ0) is 19.0. The minimum absolute atomic E-state index is 0.111. The van der Waals surface area contributed by atoms with E-state index in [1.807, 2.05) is 36.4 Å². The van der Waals surface area contributed by atoms with Crippen molar-refractivity contribution in [2.24, 2.45) is 0 Å². The molecule has 136 valence electrons. The number of para-hydroxylation sites is 1. The second kappa shape index (κ2) is 6.54. The van der Waals surface area contributed by atoms with E-state index in [4.69, 9.17) is 0 Å². The minimum Gasteiger partial charge on any atom is -0.360 e. The van der Waals surface area contributed by atoms with E-state index in [9.17, 15) is 18.0 Å². The van der Waals surface area contributed by atoms with Gasteiger partial charge in [0.25, 0.3) is 0 Å². The molecule has 1 N–H and O–H groups in total. The molecule has 3 aromatic rings. The molecule has 1 unspecified atom stereocenters. The molecule has 1 aliphatic carbocycles.